The number of amides is 1. The number of hydrogen-bond donors (Lipinski definition) is 1. The number of benzene rings is 2. The maximum atomic E-state index is 13.1. The molecular formula is C20H17Br3N4O3. The van der Waals surface area contributed by atoms with Gasteiger partial charge in [-0.15, -0.1) is 0 Å². The van der Waals surface area contributed by atoms with Crippen LogP contribution in [0.2, 0.25) is 0 Å². The lowest BCUT2D eigenvalue weighted by atomic mass is 10.2. The van der Waals surface area contributed by atoms with Gasteiger partial charge in [-0.25, -0.2) is 4.98 Å². The van der Waals surface area contributed by atoms with Gasteiger partial charge in [-0.2, -0.15) is 9.78 Å². The highest BCUT2D eigenvalue weighted by atomic mass is 79.9. The Kier molecular flexibility index (Phi) is 7.10. The van der Waals surface area contributed by atoms with E-state index in [1.165, 1.54) is 4.68 Å². The minimum absolute atomic E-state index is 0.00838. The Balaban J connectivity index is 2.05. The van der Waals surface area contributed by atoms with Crippen molar-refractivity contribution < 1.29 is 9.53 Å². The molecule has 3 rings (SSSR count). The first-order chi connectivity index (χ1) is 14.2. The number of ether oxygens (including phenoxy) is 1. The molecule has 10 heteroatoms. The van der Waals surface area contributed by atoms with Crippen LogP contribution >= 0.6 is 47.8 Å². The summed E-state index contributed by atoms with van der Waals surface area (Å²) >= 11 is 10.2. The standard InChI is InChI=1S/C20H17Br3N4O3/c1-10(2)19-26-16-4-3-12(21)7-13(16)20(29)27(19)25-8-11-5-14(22)18(15(23)6-11)30-9-17(24)28/h3-8,10H,9H2,1-2H3,(H2,24,28). The number of nitrogens with two attached hydrogens (primary N) is 1. The van der Waals surface area contributed by atoms with Gasteiger partial charge >= 0.3 is 0 Å². The largest absolute Gasteiger partial charge is 0.481 e. The fourth-order valence-corrected chi connectivity index (χ4v) is 4.52. The Bertz CT molecular complexity index is 1200. The number of rotatable bonds is 6. The molecular weight excluding hydrogens is 584 g/mol. The fraction of sp³-hybridized carbons (Fsp3) is 0.200. The lowest BCUT2D eigenvalue weighted by Gasteiger charge is -2.12. The molecule has 7 nitrogen and oxygen atoms in total. The molecule has 0 spiro atoms. The van der Waals surface area contributed by atoms with Gasteiger partial charge < -0.3 is 10.5 Å². The molecule has 1 amide bonds. The Morgan fingerprint density at radius 3 is 2.50 bits per heavy atom. The zero-order valence-corrected chi connectivity index (χ0v) is 20.8. The number of nitrogens with zero attached hydrogens (tertiary/aromatic N) is 3. The topological polar surface area (TPSA) is 99.6 Å². The summed E-state index contributed by atoms with van der Waals surface area (Å²) < 4.78 is 8.72. The van der Waals surface area contributed by atoms with Crippen LogP contribution in [0.25, 0.3) is 10.9 Å². The van der Waals surface area contributed by atoms with Crippen LogP contribution in [0.3, 0.4) is 0 Å². The van der Waals surface area contributed by atoms with E-state index in [2.05, 4.69) is 57.9 Å². The summed E-state index contributed by atoms with van der Waals surface area (Å²) in [7, 11) is 0. The lowest BCUT2D eigenvalue weighted by Crippen LogP contribution is -2.23. The third-order valence-electron chi connectivity index (χ3n) is 4.05. The summed E-state index contributed by atoms with van der Waals surface area (Å²) in [5.74, 6) is 0.426. The molecule has 30 heavy (non-hydrogen) atoms. The maximum absolute atomic E-state index is 13.1. The van der Waals surface area contributed by atoms with Crippen molar-refractivity contribution >= 4 is 70.8 Å². The molecule has 2 N–H and O–H groups in total. The van der Waals surface area contributed by atoms with E-state index < -0.39 is 5.91 Å². The van der Waals surface area contributed by atoms with Crippen molar-refractivity contribution in [1.29, 1.82) is 0 Å². The smallest absolute Gasteiger partial charge is 0.282 e. The van der Waals surface area contributed by atoms with Crippen LogP contribution in [0.15, 0.2) is 53.6 Å². The maximum Gasteiger partial charge on any atom is 0.282 e. The third kappa shape index (κ3) is 4.98. The van der Waals surface area contributed by atoms with E-state index in [0.717, 1.165) is 4.47 Å². The average Bonchev–Trinajstić information content (AvgIpc) is 2.66. The zero-order chi connectivity index (χ0) is 22.0. The van der Waals surface area contributed by atoms with Crippen molar-refractivity contribution in [3.8, 4) is 5.75 Å². The molecule has 156 valence electrons. The van der Waals surface area contributed by atoms with Gasteiger partial charge in [0.25, 0.3) is 11.5 Å². The fourth-order valence-electron chi connectivity index (χ4n) is 2.71. The number of carbonyl (C=O) groups is 1. The molecule has 0 aliphatic rings. The summed E-state index contributed by atoms with van der Waals surface area (Å²) in [6, 6.07) is 8.91. The van der Waals surface area contributed by atoms with E-state index >= 15 is 0 Å². The van der Waals surface area contributed by atoms with Crippen molar-refractivity contribution in [1.82, 2.24) is 9.66 Å². The van der Waals surface area contributed by atoms with Crippen molar-refractivity contribution in [3.05, 3.63) is 65.5 Å². The monoisotopic (exact) mass is 598 g/mol. The first-order valence-corrected chi connectivity index (χ1v) is 11.2. The summed E-state index contributed by atoms with van der Waals surface area (Å²) in [5.41, 5.74) is 6.21. The minimum atomic E-state index is -0.574. The highest BCUT2D eigenvalue weighted by Gasteiger charge is 2.14. The first-order valence-electron chi connectivity index (χ1n) is 8.84. The SMILES string of the molecule is CC(C)c1nc2ccc(Br)cc2c(=O)n1N=Cc1cc(Br)c(OCC(N)=O)c(Br)c1. The van der Waals surface area contributed by atoms with Gasteiger partial charge in [-0.1, -0.05) is 29.8 Å². The van der Waals surface area contributed by atoms with Gasteiger partial charge in [0.15, 0.2) is 6.61 Å². The van der Waals surface area contributed by atoms with Gasteiger partial charge in [0.1, 0.15) is 11.6 Å². The molecule has 2 aromatic carbocycles. The normalized spacial score (nSPS) is 11.5. The van der Waals surface area contributed by atoms with Gasteiger partial charge in [-0.3, -0.25) is 9.59 Å². The van der Waals surface area contributed by atoms with Gasteiger partial charge in [0.2, 0.25) is 0 Å². The molecule has 0 saturated heterocycles. The summed E-state index contributed by atoms with van der Waals surface area (Å²) in [6.07, 6.45) is 1.56. The van der Waals surface area contributed by atoms with Crippen LogP contribution < -0.4 is 16.0 Å². The van der Waals surface area contributed by atoms with E-state index in [1.54, 1.807) is 30.5 Å². The quantitative estimate of drug-likeness (QED) is 0.420. The first kappa shape index (κ1) is 22.6. The predicted molar refractivity (Wildman–Crippen MR) is 127 cm³/mol. The Hall–Kier alpha value is -2.04. The van der Waals surface area contributed by atoms with Crippen LogP contribution in [-0.2, 0) is 4.79 Å². The zero-order valence-electron chi connectivity index (χ0n) is 16.0. The van der Waals surface area contributed by atoms with Crippen LogP contribution in [0.4, 0.5) is 0 Å². The van der Waals surface area contributed by atoms with Gasteiger partial charge in [0.05, 0.1) is 26.1 Å². The Morgan fingerprint density at radius 1 is 1.23 bits per heavy atom. The van der Waals surface area contributed by atoms with Crippen LogP contribution in [0.1, 0.15) is 31.2 Å². The lowest BCUT2D eigenvalue weighted by molar-refractivity contribution is -0.119. The van der Waals surface area contributed by atoms with E-state index in [0.29, 0.717) is 37.0 Å². The number of halogens is 3. The van der Waals surface area contributed by atoms with Crippen LogP contribution in [0.5, 0.6) is 5.75 Å². The molecule has 0 aliphatic heterocycles. The second-order valence-electron chi connectivity index (χ2n) is 6.72. The van der Waals surface area contributed by atoms with Crippen molar-refractivity contribution in [2.24, 2.45) is 10.8 Å². The molecule has 1 aromatic heterocycles. The van der Waals surface area contributed by atoms with Crippen LogP contribution in [-0.4, -0.2) is 28.4 Å². The number of carbonyl (C=O) groups excluding carboxylic acids is 1. The number of aromatic nitrogens is 2. The summed E-state index contributed by atoms with van der Waals surface area (Å²) in [6.45, 7) is 3.67. The van der Waals surface area contributed by atoms with E-state index in [-0.39, 0.29) is 18.1 Å². The highest BCUT2D eigenvalue weighted by molar-refractivity contribution is 9.11. The average molecular weight is 601 g/mol. The molecule has 0 radical (unpaired) electrons. The third-order valence-corrected chi connectivity index (χ3v) is 5.72. The number of fused-ring (bicyclic) bond motifs is 1. The molecule has 1 heterocycles. The van der Waals surface area contributed by atoms with Gasteiger partial charge in [-0.05, 0) is 67.8 Å². The second kappa shape index (κ2) is 9.40. The summed E-state index contributed by atoms with van der Waals surface area (Å²) in [4.78, 5) is 28.7. The molecule has 0 saturated carbocycles. The molecule has 0 unspecified atom stereocenters. The van der Waals surface area contributed by atoms with Crippen molar-refractivity contribution in [2.45, 2.75) is 19.8 Å². The van der Waals surface area contributed by atoms with Gasteiger partial charge in [0, 0.05) is 10.4 Å². The van der Waals surface area contributed by atoms with Crippen LogP contribution in [0, 0.1) is 0 Å². The van der Waals surface area contributed by atoms with E-state index in [4.69, 9.17) is 10.5 Å². The van der Waals surface area contributed by atoms with Crippen molar-refractivity contribution in [2.75, 3.05) is 6.61 Å². The molecule has 0 atom stereocenters. The Morgan fingerprint density at radius 2 is 1.90 bits per heavy atom. The summed E-state index contributed by atoms with van der Waals surface area (Å²) in [5, 5.41) is 4.88. The number of primary amides is 1. The highest BCUT2D eigenvalue weighted by Crippen LogP contribution is 2.34. The molecule has 0 aliphatic carbocycles. The second-order valence-corrected chi connectivity index (χ2v) is 9.34. The number of hydrogen-bond acceptors (Lipinski definition) is 5. The molecule has 0 bridgehead atoms. The Labute approximate surface area is 197 Å². The minimum Gasteiger partial charge on any atom is -0.481 e. The van der Waals surface area contributed by atoms with Crippen molar-refractivity contribution in [3.63, 3.8) is 0 Å². The van der Waals surface area contributed by atoms with E-state index in [9.17, 15) is 9.59 Å². The molecule has 0 fully saturated rings. The predicted octanol–water partition coefficient (Wildman–Crippen LogP) is 4.55. The van der Waals surface area contributed by atoms with E-state index in [1.807, 2.05) is 19.9 Å². The molecule has 3 aromatic rings.